The minimum Gasteiger partial charge on any atom is -0.390 e. The van der Waals surface area contributed by atoms with Crippen LogP contribution in [0.5, 0.6) is 0 Å². The third kappa shape index (κ3) is 2.20. The van der Waals surface area contributed by atoms with E-state index in [1.807, 2.05) is 12.1 Å². The number of β-amino-alcohol motifs (C(OH)–C–C–N with tert-alkyl or cyclic N) is 1. The van der Waals surface area contributed by atoms with E-state index in [1.165, 1.54) is 0 Å². The van der Waals surface area contributed by atoms with Gasteiger partial charge in [-0.15, -0.1) is 0 Å². The van der Waals surface area contributed by atoms with Crippen LogP contribution in [-0.4, -0.2) is 29.2 Å². The summed E-state index contributed by atoms with van der Waals surface area (Å²) in [5.74, 6) is 0. The Morgan fingerprint density at radius 3 is 2.64 bits per heavy atom. The average molecular weight is 232 g/mol. The summed E-state index contributed by atoms with van der Waals surface area (Å²) in [6.07, 6.45) is -0.166. The number of hydrogen-bond acceptors (Lipinski definition) is 2. The second kappa shape index (κ2) is 4.07. The van der Waals surface area contributed by atoms with Gasteiger partial charge in [0.25, 0.3) is 0 Å². The van der Waals surface area contributed by atoms with Crippen molar-refractivity contribution in [2.24, 2.45) is 0 Å². The van der Waals surface area contributed by atoms with Gasteiger partial charge in [0.15, 0.2) is 0 Å². The summed E-state index contributed by atoms with van der Waals surface area (Å²) in [5.41, 5.74) is 1.06. The second-order valence-electron chi connectivity index (χ2n) is 3.58. The van der Waals surface area contributed by atoms with Crippen molar-refractivity contribution in [1.29, 1.82) is 0 Å². The SMILES string of the molecule is OC1CN(Cc2ccc(Cl)cc2Cl)C1. The highest BCUT2D eigenvalue weighted by Crippen LogP contribution is 2.23. The molecule has 2 rings (SSSR count). The van der Waals surface area contributed by atoms with E-state index in [1.54, 1.807) is 6.07 Å². The first-order chi connectivity index (χ1) is 6.65. The fraction of sp³-hybridized carbons (Fsp3) is 0.400. The van der Waals surface area contributed by atoms with Gasteiger partial charge in [-0.3, -0.25) is 4.90 Å². The Morgan fingerprint density at radius 1 is 1.36 bits per heavy atom. The Hall–Kier alpha value is -0.280. The molecule has 2 nitrogen and oxygen atoms in total. The monoisotopic (exact) mass is 231 g/mol. The number of rotatable bonds is 2. The lowest BCUT2D eigenvalue weighted by atomic mass is 10.1. The lowest BCUT2D eigenvalue weighted by molar-refractivity contribution is -0.00285. The van der Waals surface area contributed by atoms with Crippen LogP contribution < -0.4 is 0 Å². The third-order valence-electron chi connectivity index (χ3n) is 2.35. The molecule has 14 heavy (non-hydrogen) atoms. The molecule has 1 fully saturated rings. The molecule has 1 aliphatic rings. The molecule has 0 radical (unpaired) electrons. The lowest BCUT2D eigenvalue weighted by Crippen LogP contribution is -2.49. The van der Waals surface area contributed by atoms with Crippen LogP contribution >= 0.6 is 23.2 Å². The van der Waals surface area contributed by atoms with Crippen LogP contribution in [-0.2, 0) is 6.54 Å². The smallest absolute Gasteiger partial charge is 0.0794 e. The van der Waals surface area contributed by atoms with Gasteiger partial charge in [-0.05, 0) is 17.7 Å². The van der Waals surface area contributed by atoms with Crippen LogP contribution in [0.15, 0.2) is 18.2 Å². The zero-order valence-corrected chi connectivity index (χ0v) is 9.09. The summed E-state index contributed by atoms with van der Waals surface area (Å²) in [7, 11) is 0. The summed E-state index contributed by atoms with van der Waals surface area (Å²) < 4.78 is 0. The Balaban J connectivity index is 2.02. The van der Waals surface area contributed by atoms with Crippen molar-refractivity contribution >= 4 is 23.2 Å². The first-order valence-corrected chi connectivity index (χ1v) is 5.25. The first-order valence-electron chi connectivity index (χ1n) is 4.49. The molecule has 0 unspecified atom stereocenters. The van der Waals surface area contributed by atoms with E-state index in [-0.39, 0.29) is 6.10 Å². The number of hydrogen-bond donors (Lipinski definition) is 1. The van der Waals surface area contributed by atoms with E-state index in [4.69, 9.17) is 28.3 Å². The zero-order valence-electron chi connectivity index (χ0n) is 7.58. The molecule has 1 aromatic rings. The highest BCUT2D eigenvalue weighted by molar-refractivity contribution is 6.35. The predicted molar refractivity (Wildman–Crippen MR) is 57.7 cm³/mol. The van der Waals surface area contributed by atoms with Crippen molar-refractivity contribution in [1.82, 2.24) is 4.90 Å². The van der Waals surface area contributed by atoms with Gasteiger partial charge in [-0.2, -0.15) is 0 Å². The maximum absolute atomic E-state index is 9.11. The maximum Gasteiger partial charge on any atom is 0.0794 e. The third-order valence-corrected chi connectivity index (χ3v) is 2.93. The number of nitrogens with zero attached hydrogens (tertiary/aromatic N) is 1. The van der Waals surface area contributed by atoms with E-state index in [2.05, 4.69) is 4.90 Å². The highest BCUT2D eigenvalue weighted by Gasteiger charge is 2.24. The molecule has 0 saturated carbocycles. The van der Waals surface area contributed by atoms with Crippen molar-refractivity contribution < 1.29 is 5.11 Å². The van der Waals surface area contributed by atoms with Gasteiger partial charge in [-0.1, -0.05) is 29.3 Å². The number of halogens is 2. The van der Waals surface area contributed by atoms with Gasteiger partial charge < -0.3 is 5.11 Å². The predicted octanol–water partition coefficient (Wildman–Crippen LogP) is 2.17. The van der Waals surface area contributed by atoms with Gasteiger partial charge in [0.05, 0.1) is 6.10 Å². The van der Waals surface area contributed by atoms with Crippen molar-refractivity contribution in [3.05, 3.63) is 33.8 Å². The van der Waals surface area contributed by atoms with E-state index >= 15 is 0 Å². The summed E-state index contributed by atoms with van der Waals surface area (Å²) in [4.78, 5) is 2.14. The molecule has 1 N–H and O–H groups in total. The minimum atomic E-state index is -0.166. The van der Waals surface area contributed by atoms with Crippen LogP contribution in [0.4, 0.5) is 0 Å². The van der Waals surface area contributed by atoms with Gasteiger partial charge in [0.2, 0.25) is 0 Å². The van der Waals surface area contributed by atoms with Gasteiger partial charge in [0.1, 0.15) is 0 Å². The fourth-order valence-corrected chi connectivity index (χ4v) is 2.03. The standard InChI is InChI=1S/C10H11Cl2NO/c11-8-2-1-7(10(12)3-8)4-13-5-9(14)6-13/h1-3,9,14H,4-6H2. The van der Waals surface area contributed by atoms with Crippen LogP contribution in [0.3, 0.4) is 0 Å². The Morgan fingerprint density at radius 2 is 2.07 bits per heavy atom. The molecule has 1 aromatic carbocycles. The van der Waals surface area contributed by atoms with Gasteiger partial charge >= 0.3 is 0 Å². The summed E-state index contributed by atoms with van der Waals surface area (Å²) in [6.45, 7) is 2.25. The van der Waals surface area contributed by atoms with Crippen LogP contribution in [0.1, 0.15) is 5.56 Å². The Bertz CT molecular complexity index is 337. The highest BCUT2D eigenvalue weighted by atomic mass is 35.5. The van der Waals surface area contributed by atoms with Crippen LogP contribution in [0, 0.1) is 0 Å². The van der Waals surface area contributed by atoms with Gasteiger partial charge in [-0.25, -0.2) is 0 Å². The van der Waals surface area contributed by atoms with E-state index in [0.29, 0.717) is 10.0 Å². The summed E-state index contributed by atoms with van der Waals surface area (Å²) in [5, 5.41) is 10.5. The molecule has 1 saturated heterocycles. The van der Waals surface area contributed by atoms with Crippen molar-refractivity contribution in [2.45, 2.75) is 12.6 Å². The van der Waals surface area contributed by atoms with Crippen molar-refractivity contribution in [2.75, 3.05) is 13.1 Å². The summed E-state index contributed by atoms with van der Waals surface area (Å²) >= 11 is 11.8. The molecule has 76 valence electrons. The van der Waals surface area contributed by atoms with Crippen LogP contribution in [0.25, 0.3) is 0 Å². The molecule has 0 atom stereocenters. The zero-order chi connectivity index (χ0) is 10.1. The Kier molecular flexibility index (Phi) is 2.98. The molecular weight excluding hydrogens is 221 g/mol. The largest absolute Gasteiger partial charge is 0.390 e. The maximum atomic E-state index is 9.11. The number of likely N-dealkylation sites (tertiary alicyclic amines) is 1. The van der Waals surface area contributed by atoms with Crippen molar-refractivity contribution in [3.63, 3.8) is 0 Å². The topological polar surface area (TPSA) is 23.5 Å². The van der Waals surface area contributed by atoms with Crippen molar-refractivity contribution in [3.8, 4) is 0 Å². The molecule has 1 aliphatic heterocycles. The van der Waals surface area contributed by atoms with E-state index < -0.39 is 0 Å². The molecule has 1 heterocycles. The van der Waals surface area contributed by atoms with Crippen LogP contribution in [0.2, 0.25) is 10.0 Å². The molecule has 0 aliphatic carbocycles. The molecular formula is C10H11Cl2NO. The first kappa shape index (κ1) is 10.2. The van der Waals surface area contributed by atoms with E-state index in [0.717, 1.165) is 25.2 Å². The van der Waals surface area contributed by atoms with E-state index in [9.17, 15) is 0 Å². The molecule has 4 heteroatoms. The summed E-state index contributed by atoms with van der Waals surface area (Å²) in [6, 6.07) is 5.50. The minimum absolute atomic E-state index is 0.166. The molecule has 0 amide bonds. The molecule has 0 aromatic heterocycles. The number of aliphatic hydroxyl groups excluding tert-OH is 1. The average Bonchev–Trinajstić information content (AvgIpc) is 2.06. The quantitative estimate of drug-likeness (QED) is 0.844. The number of benzene rings is 1. The Labute approximate surface area is 93.0 Å². The lowest BCUT2D eigenvalue weighted by Gasteiger charge is -2.35. The number of aliphatic hydroxyl groups is 1. The molecule has 0 bridgehead atoms. The normalized spacial score (nSPS) is 18.2. The molecule has 0 spiro atoms. The fourth-order valence-electron chi connectivity index (χ4n) is 1.56. The second-order valence-corrected chi connectivity index (χ2v) is 4.43. The van der Waals surface area contributed by atoms with Gasteiger partial charge in [0, 0.05) is 29.7 Å².